The molecule has 0 amide bonds. The van der Waals surface area contributed by atoms with Crippen LogP contribution in [0, 0.1) is 11.3 Å². The van der Waals surface area contributed by atoms with Gasteiger partial charge in [0.1, 0.15) is 17.6 Å². The number of alkyl halides is 3. The highest BCUT2D eigenvalue weighted by Gasteiger charge is 2.35. The lowest BCUT2D eigenvalue weighted by atomic mass is 10.1. The van der Waals surface area contributed by atoms with Crippen molar-refractivity contribution in [1.82, 2.24) is 19.7 Å². The van der Waals surface area contributed by atoms with Gasteiger partial charge in [-0.1, -0.05) is 12.1 Å². The van der Waals surface area contributed by atoms with Crippen LogP contribution < -0.4 is 9.46 Å². The van der Waals surface area contributed by atoms with Gasteiger partial charge in [0.05, 0.1) is 22.7 Å². The molecule has 0 radical (unpaired) electrons. The van der Waals surface area contributed by atoms with Crippen molar-refractivity contribution in [1.29, 1.82) is 5.26 Å². The largest absolute Gasteiger partial charge is 0.456 e. The Morgan fingerprint density at radius 1 is 1.18 bits per heavy atom. The third-order valence-electron chi connectivity index (χ3n) is 5.22. The van der Waals surface area contributed by atoms with E-state index < -0.39 is 21.9 Å². The van der Waals surface area contributed by atoms with Crippen LogP contribution >= 0.6 is 11.3 Å². The maximum absolute atomic E-state index is 13.4. The summed E-state index contributed by atoms with van der Waals surface area (Å²) in [6.45, 7) is 0.702. The fourth-order valence-electron chi connectivity index (χ4n) is 3.40. The summed E-state index contributed by atoms with van der Waals surface area (Å²) >= 11 is 1.10. The number of nitrogens with one attached hydrogen (secondary N) is 1. The number of thiazole rings is 1. The fourth-order valence-corrected chi connectivity index (χ4v) is 5.21. The van der Waals surface area contributed by atoms with Gasteiger partial charge in [-0.3, -0.25) is 9.40 Å². The summed E-state index contributed by atoms with van der Waals surface area (Å²) in [4.78, 5) is 5.56. The van der Waals surface area contributed by atoms with E-state index in [-0.39, 0.29) is 39.3 Å². The van der Waals surface area contributed by atoms with E-state index in [1.54, 1.807) is 37.7 Å². The minimum Gasteiger partial charge on any atom is -0.456 e. The maximum Gasteiger partial charge on any atom is 0.435 e. The van der Waals surface area contributed by atoms with Crippen molar-refractivity contribution in [3.05, 3.63) is 71.4 Å². The Labute approximate surface area is 220 Å². The number of nitrogens with zero attached hydrogens (tertiary/aromatic N) is 5. The minimum atomic E-state index is -4.61. The number of ether oxygens (including phenoxy) is 1. The molecule has 0 bridgehead atoms. The van der Waals surface area contributed by atoms with Gasteiger partial charge in [-0.25, -0.2) is 13.4 Å². The molecule has 0 aliphatic heterocycles. The summed E-state index contributed by atoms with van der Waals surface area (Å²) < 4.78 is 74.9. The number of benzene rings is 2. The highest BCUT2D eigenvalue weighted by atomic mass is 32.2. The molecule has 2 aromatic carbocycles. The molecule has 0 atom stereocenters. The Morgan fingerprint density at radius 2 is 1.97 bits per heavy atom. The van der Waals surface area contributed by atoms with E-state index in [0.717, 1.165) is 17.4 Å². The lowest BCUT2D eigenvalue weighted by molar-refractivity contribution is -0.141. The second-order valence-corrected chi connectivity index (χ2v) is 10.9. The van der Waals surface area contributed by atoms with Crippen LogP contribution in [-0.2, 0) is 22.7 Å². The van der Waals surface area contributed by atoms with Crippen LogP contribution in [-0.4, -0.2) is 48.7 Å². The highest BCUT2D eigenvalue weighted by Crippen LogP contribution is 2.34. The van der Waals surface area contributed by atoms with Crippen molar-refractivity contribution in [3.8, 4) is 28.8 Å². The third kappa shape index (κ3) is 6.31. The van der Waals surface area contributed by atoms with Crippen molar-refractivity contribution in [2.75, 3.05) is 25.4 Å². The van der Waals surface area contributed by atoms with Crippen LogP contribution in [0.15, 0.2) is 65.0 Å². The molecule has 198 valence electrons. The first-order valence-electron chi connectivity index (χ1n) is 11.0. The summed E-state index contributed by atoms with van der Waals surface area (Å²) in [6.07, 6.45) is -3.15. The predicted octanol–water partition coefficient (Wildman–Crippen LogP) is 5.05. The van der Waals surface area contributed by atoms with Crippen LogP contribution in [0.1, 0.15) is 11.3 Å². The number of hydrogen-bond donors (Lipinski definition) is 1. The molecule has 38 heavy (non-hydrogen) atoms. The molecule has 0 aliphatic carbocycles. The minimum absolute atomic E-state index is 0.0483. The average molecular weight is 563 g/mol. The summed E-state index contributed by atoms with van der Waals surface area (Å²) in [7, 11) is -0.376. The quantitative estimate of drug-likeness (QED) is 0.304. The fraction of sp³-hybridized carbons (Fsp3) is 0.208. The zero-order valence-electron chi connectivity index (χ0n) is 20.1. The van der Waals surface area contributed by atoms with E-state index in [0.29, 0.717) is 12.1 Å². The molecule has 0 fully saturated rings. The lowest BCUT2D eigenvalue weighted by Crippen LogP contribution is -2.20. The smallest absolute Gasteiger partial charge is 0.435 e. The van der Waals surface area contributed by atoms with Gasteiger partial charge < -0.3 is 9.64 Å². The van der Waals surface area contributed by atoms with E-state index in [1.165, 1.54) is 35.1 Å². The molecule has 0 aliphatic rings. The SMILES string of the molecule is CN(C)CCn1nc(C(F)(F)F)cc1-c1cccc(Oc2ccc(S(=O)(=O)Nc3nccs3)cc2C#N)c1. The van der Waals surface area contributed by atoms with Gasteiger partial charge in [-0.2, -0.15) is 23.5 Å². The number of aromatic nitrogens is 3. The molecule has 9 nitrogen and oxygen atoms in total. The van der Waals surface area contributed by atoms with Crippen LogP contribution in [0.5, 0.6) is 11.5 Å². The topological polar surface area (TPSA) is 113 Å². The zero-order valence-corrected chi connectivity index (χ0v) is 21.7. The molecule has 0 spiro atoms. The zero-order chi connectivity index (χ0) is 27.5. The Balaban J connectivity index is 1.63. The van der Waals surface area contributed by atoms with Gasteiger partial charge in [-0.05, 0) is 50.5 Å². The Morgan fingerprint density at radius 3 is 2.63 bits per heavy atom. The number of sulfonamides is 1. The first-order chi connectivity index (χ1) is 18.0. The van der Waals surface area contributed by atoms with Crippen LogP contribution in [0.3, 0.4) is 0 Å². The van der Waals surface area contributed by atoms with Crippen LogP contribution in [0.25, 0.3) is 11.3 Å². The van der Waals surface area contributed by atoms with Gasteiger partial charge in [0.25, 0.3) is 10.0 Å². The lowest BCUT2D eigenvalue weighted by Gasteiger charge is -2.13. The molecular weight excluding hydrogens is 541 g/mol. The molecular formula is C24H21F3N6O3S2. The van der Waals surface area contributed by atoms with Gasteiger partial charge in [-0.15, -0.1) is 11.3 Å². The molecule has 0 saturated carbocycles. The van der Waals surface area contributed by atoms with E-state index in [2.05, 4.69) is 14.8 Å². The van der Waals surface area contributed by atoms with E-state index in [9.17, 15) is 26.9 Å². The monoisotopic (exact) mass is 562 g/mol. The summed E-state index contributed by atoms with van der Waals surface area (Å²) in [5.74, 6) is 0.319. The van der Waals surface area contributed by atoms with Crippen LogP contribution in [0.4, 0.5) is 18.3 Å². The van der Waals surface area contributed by atoms with Crippen molar-refractivity contribution in [2.45, 2.75) is 17.6 Å². The summed E-state index contributed by atoms with van der Waals surface area (Å²) in [5, 5.41) is 15.2. The van der Waals surface area contributed by atoms with Crippen molar-refractivity contribution < 1.29 is 26.3 Å². The molecule has 1 N–H and O–H groups in total. The molecule has 0 saturated heterocycles. The number of halogens is 3. The highest BCUT2D eigenvalue weighted by molar-refractivity contribution is 7.93. The molecule has 14 heteroatoms. The normalized spacial score (nSPS) is 11.9. The molecule has 4 rings (SSSR count). The first kappa shape index (κ1) is 27.1. The Kier molecular flexibility index (Phi) is 7.72. The summed E-state index contributed by atoms with van der Waals surface area (Å²) in [5.41, 5.74) is -0.380. The number of hydrogen-bond acceptors (Lipinski definition) is 8. The summed E-state index contributed by atoms with van der Waals surface area (Å²) in [6, 6.07) is 13.0. The van der Waals surface area contributed by atoms with Crippen molar-refractivity contribution in [2.24, 2.45) is 0 Å². The number of rotatable bonds is 9. The predicted molar refractivity (Wildman–Crippen MR) is 135 cm³/mol. The number of likely N-dealkylation sites (N-methyl/N-ethyl adjacent to an activating group) is 1. The van der Waals surface area contributed by atoms with Gasteiger partial charge in [0.15, 0.2) is 10.8 Å². The van der Waals surface area contributed by atoms with Gasteiger partial charge in [0, 0.05) is 23.7 Å². The first-order valence-corrected chi connectivity index (χ1v) is 13.4. The van der Waals surface area contributed by atoms with Gasteiger partial charge >= 0.3 is 6.18 Å². The Bertz CT molecular complexity index is 1580. The average Bonchev–Trinajstić information content (AvgIpc) is 3.52. The van der Waals surface area contributed by atoms with E-state index in [1.807, 2.05) is 11.0 Å². The maximum atomic E-state index is 13.4. The van der Waals surface area contributed by atoms with Crippen LogP contribution in [0.2, 0.25) is 0 Å². The van der Waals surface area contributed by atoms with Crippen molar-refractivity contribution >= 4 is 26.5 Å². The molecule has 2 heterocycles. The molecule has 2 aromatic heterocycles. The third-order valence-corrected chi connectivity index (χ3v) is 7.38. The second kappa shape index (κ2) is 10.8. The van der Waals surface area contributed by atoms with E-state index in [4.69, 9.17) is 4.74 Å². The standard InChI is InChI=1S/C24H21F3N6O3S2/c1-32(2)9-10-33-20(14-22(30-33)24(25,26)27)16-4-3-5-18(12-16)36-21-7-6-19(13-17(21)15-28)38(34,35)31-23-29-8-11-37-23/h3-8,11-14H,9-10H2,1-2H3,(H,29,31). The van der Waals surface area contributed by atoms with E-state index >= 15 is 0 Å². The van der Waals surface area contributed by atoms with Crippen molar-refractivity contribution in [3.63, 3.8) is 0 Å². The number of nitriles is 1. The molecule has 4 aromatic rings. The number of anilines is 1. The second-order valence-electron chi connectivity index (χ2n) is 8.28. The molecule has 0 unspecified atom stereocenters. The Hall–Kier alpha value is -3.93. The van der Waals surface area contributed by atoms with Gasteiger partial charge in [0.2, 0.25) is 0 Å².